The highest BCUT2D eigenvalue weighted by Gasteiger charge is 2.29. The topological polar surface area (TPSA) is 71.3 Å². The van der Waals surface area contributed by atoms with Gasteiger partial charge in [-0.1, -0.05) is 88.5 Å². The van der Waals surface area contributed by atoms with Crippen molar-refractivity contribution in [3.8, 4) is 11.4 Å². The number of benzene rings is 3. The average Bonchev–Trinajstić information content (AvgIpc) is 3.35. The molecule has 0 bridgehead atoms. The first kappa shape index (κ1) is 25.5. The maximum absolute atomic E-state index is 13.5. The van der Waals surface area contributed by atoms with Crippen molar-refractivity contribution < 1.29 is 9.32 Å². The van der Waals surface area contributed by atoms with E-state index in [1.165, 1.54) is 0 Å². The van der Waals surface area contributed by atoms with Crippen LogP contribution in [0.2, 0.25) is 10.0 Å². The molecule has 0 spiro atoms. The number of rotatable bonds is 7. The molecule has 3 aromatic carbocycles. The fraction of sp³-hybridized carbons (Fsp3) is 0.276. The molecule has 1 aromatic heterocycles. The van der Waals surface area contributed by atoms with Crippen LogP contribution >= 0.6 is 23.2 Å². The van der Waals surface area contributed by atoms with Crippen LogP contribution in [0.5, 0.6) is 0 Å². The zero-order valence-electron chi connectivity index (χ0n) is 20.5. The Bertz CT molecular complexity index is 1380. The molecule has 37 heavy (non-hydrogen) atoms. The van der Waals surface area contributed by atoms with Crippen molar-refractivity contribution in [3.63, 3.8) is 0 Å². The fourth-order valence-electron chi connectivity index (χ4n) is 4.82. The summed E-state index contributed by atoms with van der Waals surface area (Å²) in [4.78, 5) is 20.2. The van der Waals surface area contributed by atoms with Crippen LogP contribution in [0.25, 0.3) is 11.4 Å². The van der Waals surface area contributed by atoms with Crippen LogP contribution in [0, 0.1) is 12.8 Å². The normalized spacial score (nSPS) is 16.9. The number of piperidine rings is 1. The Morgan fingerprint density at radius 1 is 1.08 bits per heavy atom. The Kier molecular flexibility index (Phi) is 7.89. The standard InChI is InChI=1S/C29H28Cl2N4O2/c1-19-7-5-10-21(15-19)27(20-8-3-2-4-9-20)33-29(36)22-11-6-14-35(17-22)18-26-32-28(34-37-26)24-13-12-23(30)16-25(24)31/h2-5,7-10,12-13,15-16,22,27H,6,11,14,17-18H2,1H3,(H,33,36). The molecule has 1 aliphatic rings. The fourth-order valence-corrected chi connectivity index (χ4v) is 5.31. The van der Waals surface area contributed by atoms with Gasteiger partial charge in [-0.25, -0.2) is 0 Å². The molecule has 0 saturated carbocycles. The molecule has 6 nitrogen and oxygen atoms in total. The Morgan fingerprint density at radius 3 is 2.68 bits per heavy atom. The van der Waals surface area contributed by atoms with Gasteiger partial charge in [0.2, 0.25) is 17.6 Å². The van der Waals surface area contributed by atoms with Gasteiger partial charge in [0.1, 0.15) is 0 Å². The summed E-state index contributed by atoms with van der Waals surface area (Å²) < 4.78 is 5.50. The van der Waals surface area contributed by atoms with E-state index in [-0.39, 0.29) is 17.9 Å². The number of carbonyl (C=O) groups excluding carboxylic acids is 1. The quantitative estimate of drug-likeness (QED) is 0.294. The third-order valence-corrected chi connectivity index (χ3v) is 7.22. The summed E-state index contributed by atoms with van der Waals surface area (Å²) in [6, 6.07) is 23.4. The number of nitrogens with one attached hydrogen (secondary N) is 1. The van der Waals surface area contributed by atoms with E-state index in [4.69, 9.17) is 27.7 Å². The molecule has 0 radical (unpaired) electrons. The van der Waals surface area contributed by atoms with E-state index < -0.39 is 0 Å². The molecular formula is C29H28Cl2N4O2. The molecule has 190 valence electrons. The SMILES string of the molecule is Cc1cccc(C(NC(=O)C2CCCN(Cc3nc(-c4ccc(Cl)cc4Cl)no3)C2)c2ccccc2)c1. The summed E-state index contributed by atoms with van der Waals surface area (Å²) in [5, 5.41) is 8.43. The number of hydrogen-bond donors (Lipinski definition) is 1. The van der Waals surface area contributed by atoms with Gasteiger partial charge in [0, 0.05) is 17.1 Å². The third kappa shape index (κ3) is 6.21. The highest BCUT2D eigenvalue weighted by atomic mass is 35.5. The van der Waals surface area contributed by atoms with Crippen molar-refractivity contribution in [2.24, 2.45) is 5.92 Å². The maximum atomic E-state index is 13.5. The van der Waals surface area contributed by atoms with Gasteiger partial charge in [0.05, 0.1) is 23.5 Å². The first-order valence-electron chi connectivity index (χ1n) is 12.4. The van der Waals surface area contributed by atoms with Gasteiger partial charge in [-0.05, 0) is 55.6 Å². The molecule has 5 rings (SSSR count). The number of carbonyl (C=O) groups is 1. The highest BCUT2D eigenvalue weighted by molar-refractivity contribution is 6.36. The monoisotopic (exact) mass is 534 g/mol. The smallest absolute Gasteiger partial charge is 0.241 e. The predicted molar refractivity (Wildman–Crippen MR) is 145 cm³/mol. The van der Waals surface area contributed by atoms with Crippen molar-refractivity contribution in [2.45, 2.75) is 32.4 Å². The summed E-state index contributed by atoms with van der Waals surface area (Å²) in [5.41, 5.74) is 3.97. The van der Waals surface area contributed by atoms with Gasteiger partial charge in [-0.2, -0.15) is 4.98 Å². The van der Waals surface area contributed by atoms with Crippen LogP contribution in [0.4, 0.5) is 0 Å². The molecule has 1 saturated heterocycles. The number of amides is 1. The third-order valence-electron chi connectivity index (χ3n) is 6.67. The lowest BCUT2D eigenvalue weighted by atomic mass is 9.93. The lowest BCUT2D eigenvalue weighted by Gasteiger charge is -2.32. The summed E-state index contributed by atoms with van der Waals surface area (Å²) in [7, 11) is 0. The molecule has 2 atom stereocenters. The summed E-state index contributed by atoms with van der Waals surface area (Å²) in [6.45, 7) is 4.03. The zero-order valence-corrected chi connectivity index (χ0v) is 22.0. The number of likely N-dealkylation sites (tertiary alicyclic amines) is 1. The van der Waals surface area contributed by atoms with Crippen molar-refractivity contribution >= 4 is 29.1 Å². The molecule has 1 fully saturated rings. The van der Waals surface area contributed by atoms with Gasteiger partial charge in [0.15, 0.2) is 0 Å². The van der Waals surface area contributed by atoms with Crippen LogP contribution in [0.1, 0.15) is 41.5 Å². The minimum Gasteiger partial charge on any atom is -0.345 e. The summed E-state index contributed by atoms with van der Waals surface area (Å²) in [5.74, 6) is 0.841. The van der Waals surface area contributed by atoms with Gasteiger partial charge in [-0.3, -0.25) is 9.69 Å². The van der Waals surface area contributed by atoms with Gasteiger partial charge < -0.3 is 9.84 Å². The summed E-state index contributed by atoms with van der Waals surface area (Å²) >= 11 is 12.3. The molecular weight excluding hydrogens is 507 g/mol. The van der Waals surface area contributed by atoms with Crippen molar-refractivity contribution in [3.05, 3.63) is 105 Å². The van der Waals surface area contributed by atoms with Crippen LogP contribution in [0.3, 0.4) is 0 Å². The largest absolute Gasteiger partial charge is 0.345 e. The molecule has 2 unspecified atom stereocenters. The van der Waals surface area contributed by atoms with Gasteiger partial charge >= 0.3 is 0 Å². The second-order valence-electron chi connectivity index (χ2n) is 9.48. The number of hydrogen-bond acceptors (Lipinski definition) is 5. The highest BCUT2D eigenvalue weighted by Crippen LogP contribution is 2.29. The Labute approximate surface area is 226 Å². The van der Waals surface area contributed by atoms with Gasteiger partial charge in [0.25, 0.3) is 0 Å². The van der Waals surface area contributed by atoms with Gasteiger partial charge in [-0.15, -0.1) is 0 Å². The second kappa shape index (κ2) is 11.5. The van der Waals surface area contributed by atoms with Crippen LogP contribution in [-0.4, -0.2) is 34.0 Å². The molecule has 1 amide bonds. The average molecular weight is 535 g/mol. The van der Waals surface area contributed by atoms with E-state index in [9.17, 15) is 4.79 Å². The van der Waals surface area contributed by atoms with Crippen LogP contribution in [0.15, 0.2) is 77.3 Å². The molecule has 0 aliphatic carbocycles. The maximum Gasteiger partial charge on any atom is 0.241 e. The number of nitrogens with zero attached hydrogens (tertiary/aromatic N) is 3. The van der Waals surface area contributed by atoms with Crippen molar-refractivity contribution in [2.75, 3.05) is 13.1 Å². The lowest BCUT2D eigenvalue weighted by molar-refractivity contribution is -0.127. The second-order valence-corrected chi connectivity index (χ2v) is 10.3. The first-order chi connectivity index (χ1) is 18.0. The Balaban J connectivity index is 1.26. The zero-order chi connectivity index (χ0) is 25.8. The summed E-state index contributed by atoms with van der Waals surface area (Å²) in [6.07, 6.45) is 1.76. The van der Waals surface area contributed by atoms with E-state index in [1.807, 2.05) is 24.3 Å². The molecule has 8 heteroatoms. The van der Waals surface area contributed by atoms with E-state index in [0.29, 0.717) is 40.4 Å². The van der Waals surface area contributed by atoms with Crippen LogP contribution < -0.4 is 5.32 Å². The molecule has 4 aromatic rings. The number of halogens is 2. The van der Waals surface area contributed by atoms with Crippen LogP contribution in [-0.2, 0) is 11.3 Å². The van der Waals surface area contributed by atoms with Crippen molar-refractivity contribution in [1.82, 2.24) is 20.4 Å². The minimum atomic E-state index is -0.202. The Hall–Kier alpha value is -3.19. The molecule has 2 heterocycles. The van der Waals surface area contributed by atoms with E-state index in [0.717, 1.165) is 36.1 Å². The predicted octanol–water partition coefficient (Wildman–Crippen LogP) is 6.47. The van der Waals surface area contributed by atoms with E-state index in [2.05, 4.69) is 57.6 Å². The number of aromatic nitrogens is 2. The van der Waals surface area contributed by atoms with Crippen molar-refractivity contribution in [1.29, 1.82) is 0 Å². The first-order valence-corrected chi connectivity index (χ1v) is 13.1. The number of aryl methyl sites for hydroxylation is 1. The minimum absolute atomic E-state index is 0.0548. The molecule has 1 N–H and O–H groups in total. The lowest BCUT2D eigenvalue weighted by Crippen LogP contribution is -2.43. The van der Waals surface area contributed by atoms with E-state index in [1.54, 1.807) is 18.2 Å². The Morgan fingerprint density at radius 2 is 1.89 bits per heavy atom. The van der Waals surface area contributed by atoms with E-state index >= 15 is 0 Å². The molecule has 1 aliphatic heterocycles.